The Morgan fingerprint density at radius 1 is 1.27 bits per heavy atom. The largest absolute Gasteiger partial charge is 0.324 e. The van der Waals surface area contributed by atoms with Gasteiger partial charge in [-0.1, -0.05) is 12.1 Å². The number of non-ortho nitro benzene ring substituents is 1. The van der Waals surface area contributed by atoms with E-state index in [1.165, 1.54) is 29.1 Å². The lowest BCUT2D eigenvalue weighted by Gasteiger charge is -2.11. The number of aryl methyl sites for hydroxylation is 1. The van der Waals surface area contributed by atoms with Crippen LogP contribution in [0, 0.1) is 24.0 Å². The minimum Gasteiger partial charge on any atom is -0.324 e. The normalized spacial score (nSPS) is 10.7. The highest BCUT2D eigenvalue weighted by Gasteiger charge is 2.13. The molecule has 132 valence electrons. The quantitative estimate of drug-likeness (QED) is 0.573. The van der Waals surface area contributed by atoms with E-state index in [2.05, 4.69) is 10.3 Å². The van der Waals surface area contributed by atoms with Crippen molar-refractivity contribution in [3.8, 4) is 0 Å². The van der Waals surface area contributed by atoms with E-state index in [1.807, 2.05) is 26.0 Å². The first-order chi connectivity index (χ1) is 12.4. The minimum atomic E-state index is -0.551. The number of carbonyl (C=O) groups is 1. The van der Waals surface area contributed by atoms with Crippen LogP contribution in [0.15, 0.2) is 47.5 Å². The molecule has 0 saturated heterocycles. The van der Waals surface area contributed by atoms with Crippen LogP contribution in [0.25, 0.3) is 10.9 Å². The molecule has 0 radical (unpaired) electrons. The average Bonchev–Trinajstić information content (AvgIpc) is 2.61. The molecule has 26 heavy (non-hydrogen) atoms. The van der Waals surface area contributed by atoms with Crippen molar-refractivity contribution in [3.63, 3.8) is 0 Å². The number of aromatic nitrogens is 2. The van der Waals surface area contributed by atoms with Gasteiger partial charge in [0.15, 0.2) is 0 Å². The van der Waals surface area contributed by atoms with Crippen LogP contribution in [0.4, 0.5) is 11.4 Å². The first-order valence-electron chi connectivity index (χ1n) is 7.86. The highest BCUT2D eigenvalue weighted by molar-refractivity contribution is 5.91. The molecule has 0 aliphatic carbocycles. The van der Waals surface area contributed by atoms with Crippen molar-refractivity contribution in [3.05, 3.63) is 74.3 Å². The van der Waals surface area contributed by atoms with Crippen molar-refractivity contribution in [2.45, 2.75) is 20.4 Å². The summed E-state index contributed by atoms with van der Waals surface area (Å²) >= 11 is 0. The number of amides is 1. The van der Waals surface area contributed by atoms with Crippen LogP contribution in [0.2, 0.25) is 0 Å². The molecule has 2 aromatic carbocycles. The van der Waals surface area contributed by atoms with Gasteiger partial charge in [-0.05, 0) is 37.1 Å². The SMILES string of the molecule is Cc1cccc(NC(=O)Cn2cnc3cc([N+](=O)[O-])ccc3c2=O)c1C. The van der Waals surface area contributed by atoms with E-state index in [1.54, 1.807) is 6.07 Å². The van der Waals surface area contributed by atoms with Gasteiger partial charge >= 0.3 is 0 Å². The van der Waals surface area contributed by atoms with E-state index in [4.69, 9.17) is 0 Å². The summed E-state index contributed by atoms with van der Waals surface area (Å²) in [4.78, 5) is 39.1. The predicted octanol–water partition coefficient (Wildman–Crippen LogP) is 2.56. The van der Waals surface area contributed by atoms with Gasteiger partial charge in [0.25, 0.3) is 11.2 Å². The molecule has 0 fully saturated rings. The standard InChI is InChI=1S/C18H16N4O4/c1-11-4-3-5-15(12(11)2)20-17(23)9-21-10-19-16-8-13(22(25)26)6-7-14(16)18(21)24/h3-8,10H,9H2,1-2H3,(H,20,23). The Balaban J connectivity index is 1.86. The Bertz CT molecular complexity index is 1090. The second-order valence-corrected chi connectivity index (χ2v) is 5.93. The summed E-state index contributed by atoms with van der Waals surface area (Å²) in [6.07, 6.45) is 1.22. The molecule has 1 amide bonds. The van der Waals surface area contributed by atoms with Gasteiger partial charge in [0.2, 0.25) is 5.91 Å². The number of nitro benzene ring substituents is 1. The monoisotopic (exact) mass is 352 g/mol. The lowest BCUT2D eigenvalue weighted by atomic mass is 10.1. The average molecular weight is 352 g/mol. The van der Waals surface area contributed by atoms with Gasteiger partial charge in [-0.15, -0.1) is 0 Å². The molecule has 1 N–H and O–H groups in total. The molecule has 0 bridgehead atoms. The van der Waals surface area contributed by atoms with Gasteiger partial charge in [-0.3, -0.25) is 24.3 Å². The molecule has 0 unspecified atom stereocenters. The predicted molar refractivity (Wildman–Crippen MR) is 97.2 cm³/mol. The summed E-state index contributed by atoms with van der Waals surface area (Å²) in [5.74, 6) is -0.358. The summed E-state index contributed by atoms with van der Waals surface area (Å²) in [5.41, 5.74) is 2.34. The van der Waals surface area contributed by atoms with E-state index in [9.17, 15) is 19.7 Å². The molecular weight excluding hydrogens is 336 g/mol. The van der Waals surface area contributed by atoms with Gasteiger partial charge in [0.05, 0.1) is 22.2 Å². The summed E-state index contributed by atoms with van der Waals surface area (Å²) in [5, 5.41) is 13.8. The van der Waals surface area contributed by atoms with Crippen LogP contribution >= 0.6 is 0 Å². The zero-order valence-electron chi connectivity index (χ0n) is 14.2. The summed E-state index contributed by atoms with van der Waals surface area (Å²) in [6, 6.07) is 9.41. The topological polar surface area (TPSA) is 107 Å². The van der Waals surface area contributed by atoms with Crippen molar-refractivity contribution in [1.82, 2.24) is 9.55 Å². The van der Waals surface area contributed by atoms with Crippen LogP contribution in [0.3, 0.4) is 0 Å². The van der Waals surface area contributed by atoms with Gasteiger partial charge in [-0.25, -0.2) is 4.98 Å². The third kappa shape index (κ3) is 3.30. The summed E-state index contributed by atoms with van der Waals surface area (Å²) in [6.45, 7) is 3.65. The van der Waals surface area contributed by atoms with E-state index < -0.39 is 10.5 Å². The van der Waals surface area contributed by atoms with Crippen molar-refractivity contribution in [1.29, 1.82) is 0 Å². The fourth-order valence-electron chi connectivity index (χ4n) is 2.60. The van der Waals surface area contributed by atoms with Crippen LogP contribution in [0.5, 0.6) is 0 Å². The Labute approximate surface area is 148 Å². The number of benzene rings is 2. The van der Waals surface area contributed by atoms with Crippen LogP contribution in [0.1, 0.15) is 11.1 Å². The van der Waals surface area contributed by atoms with Crippen LogP contribution in [-0.2, 0) is 11.3 Å². The van der Waals surface area contributed by atoms with E-state index >= 15 is 0 Å². The maximum Gasteiger partial charge on any atom is 0.271 e. The molecule has 8 heteroatoms. The fourth-order valence-corrected chi connectivity index (χ4v) is 2.60. The Morgan fingerprint density at radius 3 is 2.77 bits per heavy atom. The molecule has 8 nitrogen and oxygen atoms in total. The van der Waals surface area contributed by atoms with Gasteiger partial charge in [0.1, 0.15) is 6.54 Å². The second-order valence-electron chi connectivity index (χ2n) is 5.93. The molecule has 3 rings (SSSR count). The maximum absolute atomic E-state index is 12.5. The molecular formula is C18H16N4O4. The van der Waals surface area contributed by atoms with E-state index in [0.29, 0.717) is 5.69 Å². The Hall–Kier alpha value is -3.55. The number of anilines is 1. The third-order valence-corrected chi connectivity index (χ3v) is 4.21. The molecule has 3 aromatic rings. The van der Waals surface area contributed by atoms with Gasteiger partial charge in [0, 0.05) is 17.8 Å². The number of hydrogen-bond acceptors (Lipinski definition) is 5. The Kier molecular flexibility index (Phi) is 4.49. The second kappa shape index (κ2) is 6.75. The first kappa shape index (κ1) is 17.3. The first-order valence-corrected chi connectivity index (χ1v) is 7.86. The number of rotatable bonds is 4. The zero-order valence-corrected chi connectivity index (χ0v) is 14.2. The molecule has 0 aliphatic heterocycles. The number of carbonyl (C=O) groups excluding carboxylic acids is 1. The number of nitrogens with zero attached hydrogens (tertiary/aromatic N) is 3. The highest BCUT2D eigenvalue weighted by atomic mass is 16.6. The number of hydrogen-bond donors (Lipinski definition) is 1. The maximum atomic E-state index is 12.5. The third-order valence-electron chi connectivity index (χ3n) is 4.21. The minimum absolute atomic E-state index is 0.144. The number of nitro groups is 1. The molecule has 1 heterocycles. The van der Waals surface area contributed by atoms with Crippen molar-refractivity contribution >= 4 is 28.2 Å². The molecule has 0 atom stereocenters. The molecule has 1 aromatic heterocycles. The molecule has 0 saturated carbocycles. The van der Waals surface area contributed by atoms with Crippen molar-refractivity contribution < 1.29 is 9.72 Å². The van der Waals surface area contributed by atoms with Crippen LogP contribution < -0.4 is 10.9 Å². The zero-order chi connectivity index (χ0) is 18.8. The fraction of sp³-hybridized carbons (Fsp3) is 0.167. The summed E-state index contributed by atoms with van der Waals surface area (Å²) < 4.78 is 1.18. The lowest BCUT2D eigenvalue weighted by Crippen LogP contribution is -2.28. The number of nitrogens with one attached hydrogen (secondary N) is 1. The Morgan fingerprint density at radius 2 is 2.04 bits per heavy atom. The number of fused-ring (bicyclic) bond motifs is 1. The summed E-state index contributed by atoms with van der Waals surface area (Å²) in [7, 11) is 0. The van der Waals surface area contributed by atoms with Gasteiger partial charge in [-0.2, -0.15) is 0 Å². The van der Waals surface area contributed by atoms with E-state index in [0.717, 1.165) is 11.1 Å². The van der Waals surface area contributed by atoms with Crippen LogP contribution in [-0.4, -0.2) is 20.4 Å². The van der Waals surface area contributed by atoms with Gasteiger partial charge < -0.3 is 5.32 Å². The van der Waals surface area contributed by atoms with Crippen molar-refractivity contribution in [2.75, 3.05) is 5.32 Å². The molecule has 0 spiro atoms. The molecule has 0 aliphatic rings. The smallest absolute Gasteiger partial charge is 0.271 e. The van der Waals surface area contributed by atoms with E-state index in [-0.39, 0.29) is 29.0 Å². The lowest BCUT2D eigenvalue weighted by molar-refractivity contribution is -0.384. The van der Waals surface area contributed by atoms with Crippen molar-refractivity contribution in [2.24, 2.45) is 0 Å². The highest BCUT2D eigenvalue weighted by Crippen LogP contribution is 2.18.